The van der Waals surface area contributed by atoms with Gasteiger partial charge in [0.2, 0.25) is 0 Å². The van der Waals surface area contributed by atoms with Crippen molar-refractivity contribution >= 4 is 5.91 Å². The van der Waals surface area contributed by atoms with Crippen LogP contribution in [0.3, 0.4) is 0 Å². The minimum absolute atomic E-state index is 0.0385. The van der Waals surface area contributed by atoms with E-state index in [-0.39, 0.29) is 17.9 Å². The summed E-state index contributed by atoms with van der Waals surface area (Å²) < 4.78 is 7.73. The second-order valence-electron chi connectivity index (χ2n) is 9.18. The molecule has 0 aliphatic heterocycles. The lowest BCUT2D eigenvalue weighted by atomic mass is 9.87. The predicted octanol–water partition coefficient (Wildman–Crippen LogP) is 4.13. The third-order valence-corrected chi connectivity index (χ3v) is 5.56. The number of aromatic nitrogens is 2. The van der Waals surface area contributed by atoms with E-state index >= 15 is 0 Å². The molecular weight excluding hydrogens is 350 g/mol. The first kappa shape index (κ1) is 19.0. The third kappa shape index (κ3) is 4.75. The average molecular weight is 382 g/mol. The Kier molecular flexibility index (Phi) is 5.17. The van der Waals surface area contributed by atoms with Crippen LogP contribution in [0.2, 0.25) is 0 Å². The molecule has 2 aliphatic carbocycles. The number of carbonyl (C=O) groups is 1. The van der Waals surface area contributed by atoms with Crippen molar-refractivity contribution in [1.82, 2.24) is 15.1 Å². The molecule has 2 fully saturated rings. The number of ether oxygens (including phenoxy) is 1. The van der Waals surface area contributed by atoms with E-state index in [1.807, 2.05) is 12.1 Å². The fourth-order valence-electron chi connectivity index (χ4n) is 3.47. The lowest BCUT2D eigenvalue weighted by molar-refractivity contribution is -0.123. The zero-order chi connectivity index (χ0) is 19.7. The van der Waals surface area contributed by atoms with Crippen LogP contribution in [-0.2, 0) is 16.8 Å². The van der Waals surface area contributed by atoms with Crippen molar-refractivity contribution in [3.05, 3.63) is 47.3 Å². The van der Waals surface area contributed by atoms with E-state index in [0.717, 1.165) is 12.3 Å². The van der Waals surface area contributed by atoms with Crippen LogP contribution >= 0.6 is 0 Å². The minimum Gasteiger partial charge on any atom is -0.484 e. The largest absolute Gasteiger partial charge is 0.484 e. The fourth-order valence-corrected chi connectivity index (χ4v) is 3.47. The maximum Gasteiger partial charge on any atom is 0.258 e. The molecule has 0 atom stereocenters. The SMILES string of the molecule is CC(C)(C)c1ccc(OCC(=O)NCCn2nc(C3CC3)cc2C2CC2)cc1. The number of carbonyl (C=O) groups excluding carboxylic acids is 1. The fraction of sp³-hybridized carbons (Fsp3) is 0.565. The summed E-state index contributed by atoms with van der Waals surface area (Å²) in [6.07, 6.45) is 5.08. The highest BCUT2D eigenvalue weighted by Gasteiger charge is 2.32. The molecule has 0 saturated heterocycles. The summed E-state index contributed by atoms with van der Waals surface area (Å²) in [7, 11) is 0. The maximum absolute atomic E-state index is 12.1. The molecule has 1 aromatic carbocycles. The van der Waals surface area contributed by atoms with Crippen LogP contribution in [0.15, 0.2) is 30.3 Å². The van der Waals surface area contributed by atoms with Crippen molar-refractivity contribution in [2.24, 2.45) is 0 Å². The molecule has 2 aromatic rings. The number of nitrogens with zero attached hydrogens (tertiary/aromatic N) is 2. The van der Waals surface area contributed by atoms with Crippen molar-refractivity contribution in [1.29, 1.82) is 0 Å². The smallest absolute Gasteiger partial charge is 0.258 e. The maximum atomic E-state index is 12.1. The van der Waals surface area contributed by atoms with Crippen LogP contribution in [0.1, 0.15) is 75.2 Å². The van der Waals surface area contributed by atoms with Crippen LogP contribution in [-0.4, -0.2) is 28.8 Å². The van der Waals surface area contributed by atoms with Gasteiger partial charge in [-0.05, 0) is 54.9 Å². The molecule has 1 heterocycles. The molecule has 1 amide bonds. The van der Waals surface area contributed by atoms with Gasteiger partial charge in [0.1, 0.15) is 5.75 Å². The van der Waals surface area contributed by atoms with Gasteiger partial charge in [-0.2, -0.15) is 5.10 Å². The van der Waals surface area contributed by atoms with Crippen molar-refractivity contribution in [3.8, 4) is 5.75 Å². The first-order chi connectivity index (χ1) is 13.4. The van der Waals surface area contributed by atoms with E-state index in [1.165, 1.54) is 42.6 Å². The van der Waals surface area contributed by atoms with Gasteiger partial charge in [-0.15, -0.1) is 0 Å². The number of nitrogens with one attached hydrogen (secondary N) is 1. The highest BCUT2D eigenvalue weighted by molar-refractivity contribution is 5.77. The molecule has 5 nitrogen and oxygen atoms in total. The van der Waals surface area contributed by atoms with Gasteiger partial charge >= 0.3 is 0 Å². The van der Waals surface area contributed by atoms with Crippen LogP contribution in [0.4, 0.5) is 0 Å². The normalized spacial score (nSPS) is 16.8. The average Bonchev–Trinajstić information content (AvgIpc) is 3.58. The monoisotopic (exact) mass is 381 g/mol. The van der Waals surface area contributed by atoms with Gasteiger partial charge in [-0.25, -0.2) is 0 Å². The highest BCUT2D eigenvalue weighted by atomic mass is 16.5. The molecule has 2 aliphatic rings. The number of hydrogen-bond acceptors (Lipinski definition) is 3. The number of amides is 1. The van der Waals surface area contributed by atoms with E-state index in [9.17, 15) is 4.79 Å². The Morgan fingerprint density at radius 1 is 1.14 bits per heavy atom. The Bertz CT molecular complexity index is 825. The molecule has 1 aromatic heterocycles. The molecule has 0 spiro atoms. The quantitative estimate of drug-likeness (QED) is 0.748. The predicted molar refractivity (Wildman–Crippen MR) is 110 cm³/mol. The van der Waals surface area contributed by atoms with Crippen molar-refractivity contribution in [2.45, 2.75) is 70.3 Å². The topological polar surface area (TPSA) is 56.1 Å². The zero-order valence-electron chi connectivity index (χ0n) is 17.2. The Balaban J connectivity index is 1.23. The Morgan fingerprint density at radius 3 is 2.43 bits per heavy atom. The van der Waals surface area contributed by atoms with Crippen molar-refractivity contribution in [3.63, 3.8) is 0 Å². The Labute approximate surface area is 167 Å². The minimum atomic E-state index is -0.0950. The molecule has 150 valence electrons. The Morgan fingerprint density at radius 2 is 1.82 bits per heavy atom. The summed E-state index contributed by atoms with van der Waals surface area (Å²) in [5, 5.41) is 7.74. The number of benzene rings is 1. The summed E-state index contributed by atoms with van der Waals surface area (Å²) in [5.74, 6) is 1.98. The molecule has 0 unspecified atom stereocenters. The van der Waals surface area contributed by atoms with Gasteiger partial charge in [-0.3, -0.25) is 9.48 Å². The van der Waals surface area contributed by atoms with E-state index in [2.05, 4.69) is 49.0 Å². The third-order valence-electron chi connectivity index (χ3n) is 5.56. The first-order valence-corrected chi connectivity index (χ1v) is 10.5. The van der Waals surface area contributed by atoms with Crippen LogP contribution in [0.5, 0.6) is 5.75 Å². The van der Waals surface area contributed by atoms with E-state index in [0.29, 0.717) is 18.4 Å². The van der Waals surface area contributed by atoms with Gasteiger partial charge in [0.25, 0.3) is 5.91 Å². The standard InChI is InChI=1S/C23H31N3O2/c1-23(2,3)18-8-10-19(11-9-18)28-15-22(27)24-12-13-26-21(17-6-7-17)14-20(25-26)16-4-5-16/h8-11,14,16-17H,4-7,12-13,15H2,1-3H3,(H,24,27). The summed E-state index contributed by atoms with van der Waals surface area (Å²) in [6, 6.07) is 10.3. The van der Waals surface area contributed by atoms with Crippen LogP contribution in [0.25, 0.3) is 0 Å². The Hall–Kier alpha value is -2.30. The molecule has 28 heavy (non-hydrogen) atoms. The van der Waals surface area contributed by atoms with E-state index < -0.39 is 0 Å². The van der Waals surface area contributed by atoms with Gasteiger partial charge in [0.05, 0.1) is 12.2 Å². The van der Waals surface area contributed by atoms with Gasteiger partial charge < -0.3 is 10.1 Å². The summed E-state index contributed by atoms with van der Waals surface area (Å²) in [5.41, 5.74) is 3.96. The molecule has 2 saturated carbocycles. The molecule has 5 heteroatoms. The number of rotatable bonds is 8. The van der Waals surface area contributed by atoms with Crippen molar-refractivity contribution < 1.29 is 9.53 Å². The van der Waals surface area contributed by atoms with Gasteiger partial charge in [0.15, 0.2) is 6.61 Å². The molecule has 0 radical (unpaired) electrons. The van der Waals surface area contributed by atoms with Crippen LogP contribution < -0.4 is 10.1 Å². The molecular formula is C23H31N3O2. The molecule has 4 rings (SSSR count). The van der Waals surface area contributed by atoms with Gasteiger partial charge in [-0.1, -0.05) is 32.9 Å². The van der Waals surface area contributed by atoms with Crippen molar-refractivity contribution in [2.75, 3.05) is 13.2 Å². The molecule has 1 N–H and O–H groups in total. The van der Waals surface area contributed by atoms with Gasteiger partial charge in [0, 0.05) is 24.1 Å². The lowest BCUT2D eigenvalue weighted by Gasteiger charge is -2.19. The lowest BCUT2D eigenvalue weighted by Crippen LogP contribution is -2.32. The highest BCUT2D eigenvalue weighted by Crippen LogP contribution is 2.44. The first-order valence-electron chi connectivity index (χ1n) is 10.5. The van der Waals surface area contributed by atoms with Crippen LogP contribution in [0, 0.1) is 0 Å². The second-order valence-corrected chi connectivity index (χ2v) is 9.18. The zero-order valence-corrected chi connectivity index (χ0v) is 17.2. The second kappa shape index (κ2) is 7.61. The molecule has 0 bridgehead atoms. The summed E-state index contributed by atoms with van der Waals surface area (Å²) in [4.78, 5) is 12.1. The number of hydrogen-bond donors (Lipinski definition) is 1. The van der Waals surface area contributed by atoms with E-state index in [4.69, 9.17) is 9.84 Å². The summed E-state index contributed by atoms with van der Waals surface area (Å²) >= 11 is 0. The summed E-state index contributed by atoms with van der Waals surface area (Å²) in [6.45, 7) is 7.88. The van der Waals surface area contributed by atoms with E-state index in [1.54, 1.807) is 0 Å².